The molecule has 1 fully saturated rings. The number of nitrogens with one attached hydrogen (secondary N) is 2. The number of ether oxygens (including phenoxy) is 2. The summed E-state index contributed by atoms with van der Waals surface area (Å²) in [7, 11) is 0. The molecule has 0 radical (unpaired) electrons. The minimum Gasteiger partial charge on any atom is -0.484 e. The van der Waals surface area contributed by atoms with Crippen LogP contribution < -0.4 is 15.6 Å². The molecule has 0 saturated carbocycles. The van der Waals surface area contributed by atoms with Crippen molar-refractivity contribution < 1.29 is 29.6 Å². The summed E-state index contributed by atoms with van der Waals surface area (Å²) in [5, 5.41) is 31.9. The fourth-order valence-corrected chi connectivity index (χ4v) is 3.12. The third-order valence-electron chi connectivity index (χ3n) is 4.59. The highest BCUT2D eigenvalue weighted by atomic mass is 16.6. The van der Waals surface area contributed by atoms with Crippen LogP contribution in [0.1, 0.15) is 6.23 Å². The molecular formula is C18H19N5O7. The fraction of sp³-hybridized carbons (Fsp3) is 0.333. The van der Waals surface area contributed by atoms with Crippen LogP contribution >= 0.6 is 0 Å². The lowest BCUT2D eigenvalue weighted by Crippen LogP contribution is -2.33. The molecule has 4 atom stereocenters. The van der Waals surface area contributed by atoms with Gasteiger partial charge in [0.1, 0.15) is 24.1 Å². The van der Waals surface area contributed by atoms with E-state index >= 15 is 0 Å². The lowest BCUT2D eigenvalue weighted by Gasteiger charge is -2.16. The van der Waals surface area contributed by atoms with E-state index in [1.165, 1.54) is 10.9 Å². The first-order chi connectivity index (χ1) is 14.5. The monoisotopic (exact) mass is 417 g/mol. The van der Waals surface area contributed by atoms with Crippen LogP contribution in [0.4, 0.5) is 5.95 Å². The highest BCUT2D eigenvalue weighted by Gasteiger charge is 2.44. The molecule has 30 heavy (non-hydrogen) atoms. The van der Waals surface area contributed by atoms with Crippen LogP contribution in [-0.2, 0) is 9.53 Å². The Morgan fingerprint density at radius 3 is 2.73 bits per heavy atom. The average Bonchev–Trinajstić information content (AvgIpc) is 3.29. The Kier molecular flexibility index (Phi) is 5.46. The number of H-pyrrole nitrogens is 1. The summed E-state index contributed by atoms with van der Waals surface area (Å²) in [5.74, 6) is -0.199. The van der Waals surface area contributed by atoms with Gasteiger partial charge in [0, 0.05) is 0 Å². The van der Waals surface area contributed by atoms with Gasteiger partial charge in [0.2, 0.25) is 5.95 Å². The first kappa shape index (κ1) is 20.0. The number of aromatic nitrogens is 4. The van der Waals surface area contributed by atoms with Crippen molar-refractivity contribution >= 4 is 23.0 Å². The van der Waals surface area contributed by atoms with E-state index in [-0.39, 0.29) is 23.7 Å². The molecule has 1 aliphatic rings. The van der Waals surface area contributed by atoms with E-state index in [0.717, 1.165) is 0 Å². The van der Waals surface area contributed by atoms with E-state index in [2.05, 4.69) is 20.3 Å². The third-order valence-corrected chi connectivity index (χ3v) is 4.59. The highest BCUT2D eigenvalue weighted by molar-refractivity contribution is 5.90. The topological polar surface area (TPSA) is 172 Å². The van der Waals surface area contributed by atoms with Crippen LogP contribution in [0.5, 0.6) is 5.75 Å². The molecule has 1 amide bonds. The summed E-state index contributed by atoms with van der Waals surface area (Å²) >= 11 is 0. The van der Waals surface area contributed by atoms with E-state index in [4.69, 9.17) is 9.47 Å². The second-order valence-electron chi connectivity index (χ2n) is 6.62. The minimum absolute atomic E-state index is 0.0212. The SMILES string of the molecule is O=C(COc1ccccc1)Nc1nc2c(ncn2[C@@H]2O[C@H](CO)[C@H](O)[C@@H]2O)c(=O)[nH]1. The second kappa shape index (κ2) is 8.20. The quantitative estimate of drug-likeness (QED) is 0.328. The molecule has 0 bridgehead atoms. The zero-order valence-electron chi connectivity index (χ0n) is 15.5. The maximum Gasteiger partial charge on any atom is 0.280 e. The number of aliphatic hydroxyl groups is 3. The molecule has 1 aromatic carbocycles. The number of carbonyl (C=O) groups excluding carboxylic acids is 1. The van der Waals surface area contributed by atoms with Gasteiger partial charge in [-0.1, -0.05) is 18.2 Å². The number of fused-ring (bicyclic) bond motifs is 1. The summed E-state index contributed by atoms with van der Waals surface area (Å²) < 4.78 is 12.0. The van der Waals surface area contributed by atoms with Crippen LogP contribution in [0, 0.1) is 0 Å². The summed E-state index contributed by atoms with van der Waals surface area (Å²) in [6, 6.07) is 8.73. The van der Waals surface area contributed by atoms with Gasteiger partial charge in [0.05, 0.1) is 12.9 Å². The molecule has 158 valence electrons. The van der Waals surface area contributed by atoms with Crippen LogP contribution in [0.2, 0.25) is 0 Å². The predicted molar refractivity (Wildman–Crippen MR) is 102 cm³/mol. The van der Waals surface area contributed by atoms with E-state index in [1.807, 2.05) is 6.07 Å². The van der Waals surface area contributed by atoms with Crippen LogP contribution in [-0.4, -0.2) is 72.3 Å². The number of imidazole rings is 1. The average molecular weight is 417 g/mol. The Labute approximate surface area is 168 Å². The molecule has 3 heterocycles. The summed E-state index contributed by atoms with van der Waals surface area (Å²) in [6.45, 7) is -0.808. The molecule has 1 saturated heterocycles. The Bertz CT molecular complexity index is 1100. The van der Waals surface area contributed by atoms with Gasteiger partial charge in [0.15, 0.2) is 24.0 Å². The van der Waals surface area contributed by atoms with Crippen molar-refractivity contribution in [3.8, 4) is 5.75 Å². The number of amides is 1. The third kappa shape index (κ3) is 3.76. The molecule has 5 N–H and O–H groups in total. The number of benzene rings is 1. The van der Waals surface area contributed by atoms with E-state index in [9.17, 15) is 24.9 Å². The van der Waals surface area contributed by atoms with Crippen molar-refractivity contribution in [2.45, 2.75) is 24.5 Å². The smallest absolute Gasteiger partial charge is 0.280 e. The number of anilines is 1. The first-order valence-electron chi connectivity index (χ1n) is 9.05. The standard InChI is InChI=1S/C18H19N5O7/c24-6-10-13(26)14(27)17(30-10)23-8-19-12-15(23)21-18(22-16(12)28)20-11(25)7-29-9-4-2-1-3-5-9/h1-5,8,10,13-14,17,24,26-27H,6-7H2,(H2,20,21,22,25,28)/t10-,13+,14+,17-/m1/s1. The van der Waals surface area contributed by atoms with Gasteiger partial charge < -0.3 is 24.8 Å². The number of para-hydroxylation sites is 1. The van der Waals surface area contributed by atoms with Gasteiger partial charge in [-0.2, -0.15) is 4.98 Å². The number of aromatic amines is 1. The molecule has 12 nitrogen and oxygen atoms in total. The summed E-state index contributed by atoms with van der Waals surface area (Å²) in [6.07, 6.45) is -3.61. The number of hydrogen-bond acceptors (Lipinski definition) is 9. The van der Waals surface area contributed by atoms with Gasteiger partial charge in [-0.3, -0.25) is 24.5 Å². The highest BCUT2D eigenvalue weighted by Crippen LogP contribution is 2.30. The summed E-state index contributed by atoms with van der Waals surface area (Å²) in [5.41, 5.74) is -0.649. The molecule has 0 spiro atoms. The first-order valence-corrected chi connectivity index (χ1v) is 9.05. The molecule has 3 aromatic rings. The van der Waals surface area contributed by atoms with Crippen LogP contribution in [0.25, 0.3) is 11.2 Å². The summed E-state index contributed by atoms with van der Waals surface area (Å²) in [4.78, 5) is 35.0. The number of hydrogen-bond donors (Lipinski definition) is 5. The van der Waals surface area contributed by atoms with Gasteiger partial charge in [-0.15, -0.1) is 0 Å². The zero-order chi connectivity index (χ0) is 21.3. The van der Waals surface area contributed by atoms with E-state index in [0.29, 0.717) is 5.75 Å². The van der Waals surface area contributed by atoms with Crippen molar-refractivity contribution in [2.24, 2.45) is 0 Å². The molecule has 1 aliphatic heterocycles. The largest absolute Gasteiger partial charge is 0.484 e. The predicted octanol–water partition coefficient (Wildman–Crippen LogP) is -1.25. The molecule has 0 unspecified atom stereocenters. The Balaban J connectivity index is 1.55. The maximum absolute atomic E-state index is 12.3. The van der Waals surface area contributed by atoms with Crippen molar-refractivity contribution in [3.63, 3.8) is 0 Å². The van der Waals surface area contributed by atoms with Gasteiger partial charge >= 0.3 is 0 Å². The van der Waals surface area contributed by atoms with Crippen molar-refractivity contribution in [2.75, 3.05) is 18.5 Å². The maximum atomic E-state index is 12.3. The lowest BCUT2D eigenvalue weighted by atomic mass is 10.1. The molecule has 0 aliphatic carbocycles. The lowest BCUT2D eigenvalue weighted by molar-refractivity contribution is -0.118. The molecule has 4 rings (SSSR count). The Morgan fingerprint density at radius 1 is 1.27 bits per heavy atom. The number of aliphatic hydroxyl groups excluding tert-OH is 3. The fourth-order valence-electron chi connectivity index (χ4n) is 3.12. The minimum atomic E-state index is -1.38. The number of nitrogens with zero attached hydrogens (tertiary/aromatic N) is 3. The van der Waals surface area contributed by atoms with E-state index in [1.54, 1.807) is 24.3 Å². The van der Waals surface area contributed by atoms with E-state index < -0.39 is 42.6 Å². The molecular weight excluding hydrogens is 398 g/mol. The van der Waals surface area contributed by atoms with Crippen molar-refractivity contribution in [3.05, 3.63) is 47.0 Å². The van der Waals surface area contributed by atoms with Crippen LogP contribution in [0.15, 0.2) is 41.5 Å². The molecule has 12 heteroatoms. The van der Waals surface area contributed by atoms with Gasteiger partial charge in [0.25, 0.3) is 11.5 Å². The zero-order valence-corrected chi connectivity index (χ0v) is 15.5. The van der Waals surface area contributed by atoms with Crippen molar-refractivity contribution in [1.29, 1.82) is 0 Å². The number of rotatable bonds is 6. The van der Waals surface area contributed by atoms with Crippen LogP contribution in [0.3, 0.4) is 0 Å². The number of carbonyl (C=O) groups is 1. The Morgan fingerprint density at radius 2 is 2.03 bits per heavy atom. The second-order valence-corrected chi connectivity index (χ2v) is 6.62. The Hall–Kier alpha value is -3.32. The normalized spacial score (nSPS) is 23.6. The van der Waals surface area contributed by atoms with Gasteiger partial charge in [-0.05, 0) is 12.1 Å². The molecule has 2 aromatic heterocycles. The van der Waals surface area contributed by atoms with Crippen molar-refractivity contribution in [1.82, 2.24) is 19.5 Å². The van der Waals surface area contributed by atoms with Gasteiger partial charge in [-0.25, -0.2) is 4.98 Å².